The Morgan fingerprint density at radius 1 is 1.07 bits per heavy atom. The molecule has 1 aliphatic rings. The predicted octanol–water partition coefficient (Wildman–Crippen LogP) is 3.26. The molecule has 0 bridgehead atoms. The molecule has 0 saturated carbocycles. The fourth-order valence-corrected chi connectivity index (χ4v) is 4.94. The topological polar surface area (TPSA) is 81.0 Å². The van der Waals surface area contributed by atoms with Gasteiger partial charge in [-0.05, 0) is 35.4 Å². The molecule has 30 heavy (non-hydrogen) atoms. The molecule has 0 aliphatic carbocycles. The lowest BCUT2D eigenvalue weighted by atomic mass is 10.0. The van der Waals surface area contributed by atoms with Gasteiger partial charge in [0.05, 0.1) is 25.5 Å². The minimum Gasteiger partial charge on any atom is -0.489 e. The van der Waals surface area contributed by atoms with Crippen molar-refractivity contribution in [1.82, 2.24) is 9.79 Å². The molecule has 1 saturated heterocycles. The van der Waals surface area contributed by atoms with Crippen LogP contribution in [0.3, 0.4) is 0 Å². The summed E-state index contributed by atoms with van der Waals surface area (Å²) in [4.78, 5) is 5.55. The molecule has 8 heteroatoms. The molecule has 1 fully saturated rings. The van der Waals surface area contributed by atoms with E-state index in [2.05, 4.69) is 4.72 Å². The van der Waals surface area contributed by atoms with Gasteiger partial charge in [0.2, 0.25) is 10.0 Å². The molecule has 7 nitrogen and oxygen atoms in total. The first-order chi connectivity index (χ1) is 14.5. The van der Waals surface area contributed by atoms with Gasteiger partial charge < -0.3 is 9.15 Å². The van der Waals surface area contributed by atoms with E-state index < -0.39 is 21.3 Å². The maximum absolute atomic E-state index is 12.9. The lowest BCUT2D eigenvalue weighted by Gasteiger charge is -2.23. The lowest BCUT2D eigenvalue weighted by Crippen LogP contribution is -2.39. The Bertz CT molecular complexity index is 1040. The molecule has 3 aromatic rings. The number of hydrogen-bond donors (Lipinski definition) is 1. The largest absolute Gasteiger partial charge is 0.489 e. The summed E-state index contributed by atoms with van der Waals surface area (Å²) in [7, 11) is -1.89. The Kier molecular flexibility index (Phi) is 6.19. The van der Waals surface area contributed by atoms with Gasteiger partial charge in [0, 0.05) is 7.05 Å². The van der Waals surface area contributed by atoms with Crippen molar-refractivity contribution in [1.29, 1.82) is 0 Å². The highest BCUT2D eigenvalue weighted by atomic mass is 32.2. The van der Waals surface area contributed by atoms with E-state index in [0.29, 0.717) is 12.4 Å². The van der Waals surface area contributed by atoms with E-state index >= 15 is 0 Å². The number of nitrogens with zero attached hydrogens (tertiary/aromatic N) is 1. The zero-order valence-electron chi connectivity index (χ0n) is 16.6. The minimum atomic E-state index is -3.63. The zero-order valence-corrected chi connectivity index (χ0v) is 17.4. The van der Waals surface area contributed by atoms with Crippen molar-refractivity contribution in [2.45, 2.75) is 24.4 Å². The van der Waals surface area contributed by atoms with Gasteiger partial charge in [-0.1, -0.05) is 42.5 Å². The Hall–Kier alpha value is -2.65. The second-order valence-electron chi connectivity index (χ2n) is 7.11. The highest BCUT2D eigenvalue weighted by Gasteiger charge is 2.43. The molecule has 4 rings (SSSR count). The predicted molar refractivity (Wildman–Crippen MR) is 112 cm³/mol. The molecule has 2 heterocycles. The Labute approximate surface area is 176 Å². The van der Waals surface area contributed by atoms with E-state index in [0.717, 1.165) is 16.9 Å². The van der Waals surface area contributed by atoms with Crippen LogP contribution in [0.5, 0.6) is 5.75 Å². The number of hydroxylamine groups is 2. The van der Waals surface area contributed by atoms with Gasteiger partial charge in [-0.2, -0.15) is 5.06 Å². The summed E-state index contributed by atoms with van der Waals surface area (Å²) in [6.07, 6.45) is 1.51. The highest BCUT2D eigenvalue weighted by Crippen LogP contribution is 2.34. The summed E-state index contributed by atoms with van der Waals surface area (Å²) in [5.41, 5.74) is 1.93. The number of ether oxygens (including phenoxy) is 1. The van der Waals surface area contributed by atoms with Crippen LogP contribution >= 0.6 is 0 Å². The molecule has 158 valence electrons. The van der Waals surface area contributed by atoms with Gasteiger partial charge in [-0.15, -0.1) is 0 Å². The third-order valence-electron chi connectivity index (χ3n) is 5.08. The zero-order chi connectivity index (χ0) is 21.0. The first-order valence-electron chi connectivity index (χ1n) is 9.66. The van der Waals surface area contributed by atoms with Crippen LogP contribution < -0.4 is 9.46 Å². The molecule has 0 radical (unpaired) electrons. The van der Waals surface area contributed by atoms with Gasteiger partial charge in [0.25, 0.3) is 0 Å². The standard InChI is InChI=1S/C22H24N2O5S/c1-24-22(21(16-29-24)30(25,26)23-14-20-8-5-13-27-20)18-9-11-19(12-10-18)28-15-17-6-3-2-4-7-17/h2-13,21-23H,14-16H2,1H3. The number of furan rings is 1. The normalized spacial score (nSPS) is 19.8. The first-order valence-corrected chi connectivity index (χ1v) is 11.2. The number of rotatable bonds is 8. The average Bonchev–Trinajstić information content (AvgIpc) is 3.42. The summed E-state index contributed by atoms with van der Waals surface area (Å²) < 4.78 is 39.5. The van der Waals surface area contributed by atoms with Crippen molar-refractivity contribution in [2.75, 3.05) is 13.7 Å². The quantitative estimate of drug-likeness (QED) is 0.593. The van der Waals surface area contributed by atoms with E-state index in [9.17, 15) is 8.42 Å². The third kappa shape index (κ3) is 4.73. The summed E-state index contributed by atoms with van der Waals surface area (Å²) in [6, 6.07) is 20.4. The molecule has 1 aromatic heterocycles. The van der Waals surface area contributed by atoms with Gasteiger partial charge in [0.1, 0.15) is 23.4 Å². The van der Waals surface area contributed by atoms with Crippen LogP contribution in [-0.2, 0) is 28.0 Å². The number of sulfonamides is 1. The van der Waals surface area contributed by atoms with Crippen molar-refractivity contribution in [3.8, 4) is 5.75 Å². The number of nitrogens with one attached hydrogen (secondary N) is 1. The van der Waals surface area contributed by atoms with Crippen LogP contribution in [-0.4, -0.2) is 32.4 Å². The minimum absolute atomic E-state index is 0.0842. The van der Waals surface area contributed by atoms with Gasteiger partial charge in [-0.25, -0.2) is 13.1 Å². The lowest BCUT2D eigenvalue weighted by molar-refractivity contribution is -0.110. The summed E-state index contributed by atoms with van der Waals surface area (Å²) in [5, 5.41) is 0.852. The molecule has 1 aliphatic heterocycles. The first kappa shape index (κ1) is 20.6. The summed E-state index contributed by atoms with van der Waals surface area (Å²) in [5.74, 6) is 1.28. The maximum Gasteiger partial charge on any atom is 0.219 e. The summed E-state index contributed by atoms with van der Waals surface area (Å²) in [6.45, 7) is 0.662. The molecule has 0 spiro atoms. The molecule has 1 N–H and O–H groups in total. The Morgan fingerprint density at radius 2 is 1.83 bits per heavy atom. The van der Waals surface area contributed by atoms with E-state index in [1.807, 2.05) is 54.6 Å². The third-order valence-corrected chi connectivity index (χ3v) is 6.82. The van der Waals surface area contributed by atoms with Crippen LogP contribution in [0.15, 0.2) is 77.4 Å². The van der Waals surface area contributed by atoms with Crippen LogP contribution in [0.1, 0.15) is 22.9 Å². The molecule has 2 aromatic carbocycles. The van der Waals surface area contributed by atoms with Crippen molar-refractivity contribution in [3.63, 3.8) is 0 Å². The van der Waals surface area contributed by atoms with Gasteiger partial charge >= 0.3 is 0 Å². The van der Waals surface area contributed by atoms with Crippen molar-refractivity contribution < 1.29 is 22.4 Å². The maximum atomic E-state index is 12.9. The van der Waals surface area contributed by atoms with E-state index in [4.69, 9.17) is 14.0 Å². The summed E-state index contributed by atoms with van der Waals surface area (Å²) >= 11 is 0. The smallest absolute Gasteiger partial charge is 0.219 e. The highest BCUT2D eigenvalue weighted by molar-refractivity contribution is 7.90. The van der Waals surface area contributed by atoms with Crippen molar-refractivity contribution >= 4 is 10.0 Å². The molecular weight excluding hydrogens is 404 g/mol. The average molecular weight is 429 g/mol. The van der Waals surface area contributed by atoms with Crippen LogP contribution in [0.2, 0.25) is 0 Å². The Balaban J connectivity index is 1.44. The van der Waals surface area contributed by atoms with E-state index in [-0.39, 0.29) is 13.2 Å². The molecule has 2 atom stereocenters. The second-order valence-corrected chi connectivity index (χ2v) is 9.10. The Morgan fingerprint density at radius 3 is 2.53 bits per heavy atom. The monoisotopic (exact) mass is 428 g/mol. The van der Waals surface area contributed by atoms with E-state index in [1.165, 1.54) is 6.26 Å². The van der Waals surface area contributed by atoms with E-state index in [1.54, 1.807) is 24.2 Å². The van der Waals surface area contributed by atoms with Crippen molar-refractivity contribution in [3.05, 3.63) is 89.9 Å². The van der Waals surface area contributed by atoms with Crippen LogP contribution in [0, 0.1) is 0 Å². The number of hydrogen-bond acceptors (Lipinski definition) is 6. The number of benzene rings is 2. The molecule has 0 amide bonds. The molecule has 2 unspecified atom stereocenters. The fraction of sp³-hybridized carbons (Fsp3) is 0.273. The van der Waals surface area contributed by atoms with Gasteiger partial charge in [-0.3, -0.25) is 4.84 Å². The SMILES string of the molecule is CN1OCC(S(=O)(=O)NCc2ccco2)C1c1ccc(OCc2ccccc2)cc1. The van der Waals surface area contributed by atoms with Crippen LogP contribution in [0.25, 0.3) is 0 Å². The van der Waals surface area contributed by atoms with Crippen molar-refractivity contribution in [2.24, 2.45) is 0 Å². The fourth-order valence-electron chi connectivity index (χ4n) is 3.47. The van der Waals surface area contributed by atoms with Gasteiger partial charge in [0.15, 0.2) is 0 Å². The molecular formula is C22H24N2O5S. The second kappa shape index (κ2) is 9.01. The van der Waals surface area contributed by atoms with Crippen LogP contribution in [0.4, 0.5) is 0 Å².